The SMILES string of the molecule is NCC1(CC(=O)NCC(CCO)c2ccccc2)CCCCC1. The van der Waals surface area contributed by atoms with Crippen molar-refractivity contribution in [1.29, 1.82) is 0 Å². The van der Waals surface area contributed by atoms with Crippen molar-refractivity contribution in [1.82, 2.24) is 5.32 Å². The van der Waals surface area contributed by atoms with Crippen LogP contribution < -0.4 is 11.1 Å². The molecule has 23 heavy (non-hydrogen) atoms. The van der Waals surface area contributed by atoms with Gasteiger partial charge in [-0.3, -0.25) is 4.79 Å². The van der Waals surface area contributed by atoms with E-state index in [1.165, 1.54) is 19.3 Å². The van der Waals surface area contributed by atoms with Crippen LogP contribution in [-0.4, -0.2) is 30.7 Å². The van der Waals surface area contributed by atoms with Crippen LogP contribution in [0.1, 0.15) is 56.4 Å². The second-order valence-corrected chi connectivity index (χ2v) is 6.87. The van der Waals surface area contributed by atoms with E-state index in [9.17, 15) is 9.90 Å². The molecule has 0 aromatic heterocycles. The lowest BCUT2D eigenvalue weighted by Crippen LogP contribution is -2.39. The molecule has 0 bridgehead atoms. The Morgan fingerprint density at radius 3 is 2.52 bits per heavy atom. The standard InChI is InChI=1S/C19H30N2O2/c20-15-19(10-5-2-6-11-19)13-18(23)21-14-17(9-12-22)16-7-3-1-4-8-16/h1,3-4,7-8,17,22H,2,5-6,9-15,20H2,(H,21,23). The van der Waals surface area contributed by atoms with Gasteiger partial charge in [0.05, 0.1) is 0 Å². The van der Waals surface area contributed by atoms with Crippen molar-refractivity contribution in [3.05, 3.63) is 35.9 Å². The number of hydrogen-bond donors (Lipinski definition) is 3. The molecule has 0 spiro atoms. The maximum Gasteiger partial charge on any atom is 0.220 e. The highest BCUT2D eigenvalue weighted by Crippen LogP contribution is 2.38. The molecule has 4 nitrogen and oxygen atoms in total. The van der Waals surface area contributed by atoms with Gasteiger partial charge in [-0.1, -0.05) is 49.6 Å². The van der Waals surface area contributed by atoms with Crippen LogP contribution in [0.25, 0.3) is 0 Å². The summed E-state index contributed by atoms with van der Waals surface area (Å²) in [6.07, 6.45) is 6.95. The molecule has 2 rings (SSSR count). The van der Waals surface area contributed by atoms with Gasteiger partial charge in [-0.25, -0.2) is 0 Å². The minimum Gasteiger partial charge on any atom is -0.396 e. The molecule has 1 aliphatic carbocycles. The van der Waals surface area contributed by atoms with Crippen LogP contribution in [0.4, 0.5) is 0 Å². The Kier molecular flexibility index (Phi) is 7.06. The first-order chi connectivity index (χ1) is 11.2. The van der Waals surface area contributed by atoms with Crippen LogP contribution >= 0.6 is 0 Å². The van der Waals surface area contributed by atoms with Crippen LogP contribution in [0, 0.1) is 5.41 Å². The molecule has 1 amide bonds. The van der Waals surface area contributed by atoms with Crippen LogP contribution in [0.3, 0.4) is 0 Å². The number of carbonyl (C=O) groups excluding carboxylic acids is 1. The quantitative estimate of drug-likeness (QED) is 0.689. The van der Waals surface area contributed by atoms with Crippen molar-refractivity contribution in [3.8, 4) is 0 Å². The van der Waals surface area contributed by atoms with E-state index in [2.05, 4.69) is 17.4 Å². The molecule has 0 aliphatic heterocycles. The van der Waals surface area contributed by atoms with Gasteiger partial charge < -0.3 is 16.2 Å². The van der Waals surface area contributed by atoms with Crippen LogP contribution in [-0.2, 0) is 4.79 Å². The highest BCUT2D eigenvalue weighted by atomic mass is 16.3. The lowest BCUT2D eigenvalue weighted by Gasteiger charge is -2.35. The molecule has 128 valence electrons. The Morgan fingerprint density at radius 2 is 1.91 bits per heavy atom. The number of rotatable bonds is 8. The number of amides is 1. The van der Waals surface area contributed by atoms with Crippen LogP contribution in [0.15, 0.2) is 30.3 Å². The van der Waals surface area contributed by atoms with Gasteiger partial charge in [0.25, 0.3) is 0 Å². The summed E-state index contributed by atoms with van der Waals surface area (Å²) in [4.78, 5) is 12.4. The number of carbonyl (C=O) groups is 1. The van der Waals surface area contributed by atoms with Gasteiger partial charge >= 0.3 is 0 Å². The molecular weight excluding hydrogens is 288 g/mol. The monoisotopic (exact) mass is 318 g/mol. The van der Waals surface area contributed by atoms with Crippen LogP contribution in [0.2, 0.25) is 0 Å². The first-order valence-electron chi connectivity index (χ1n) is 8.82. The molecular formula is C19H30N2O2. The Balaban J connectivity index is 1.88. The Labute approximate surface area is 139 Å². The fourth-order valence-electron chi connectivity index (χ4n) is 3.66. The average molecular weight is 318 g/mol. The lowest BCUT2D eigenvalue weighted by molar-refractivity contribution is -0.124. The normalized spacial score (nSPS) is 18.3. The zero-order valence-corrected chi connectivity index (χ0v) is 14.0. The second kappa shape index (κ2) is 9.04. The van der Waals surface area contributed by atoms with Gasteiger partial charge in [0.15, 0.2) is 0 Å². The minimum absolute atomic E-state index is 0.00154. The topological polar surface area (TPSA) is 75.4 Å². The van der Waals surface area contributed by atoms with Crippen molar-refractivity contribution in [2.75, 3.05) is 19.7 Å². The zero-order valence-electron chi connectivity index (χ0n) is 14.0. The Hall–Kier alpha value is -1.39. The molecule has 4 heteroatoms. The zero-order chi connectivity index (χ0) is 16.5. The molecule has 0 radical (unpaired) electrons. The number of aliphatic hydroxyl groups excluding tert-OH is 1. The van der Waals surface area contributed by atoms with Crippen LogP contribution in [0.5, 0.6) is 0 Å². The lowest BCUT2D eigenvalue weighted by atomic mass is 9.71. The maximum absolute atomic E-state index is 12.4. The van der Waals surface area contributed by atoms with Crippen molar-refractivity contribution >= 4 is 5.91 Å². The molecule has 1 fully saturated rings. The maximum atomic E-state index is 12.4. The smallest absolute Gasteiger partial charge is 0.220 e. The summed E-state index contributed by atoms with van der Waals surface area (Å²) in [5.41, 5.74) is 7.13. The highest BCUT2D eigenvalue weighted by molar-refractivity contribution is 5.76. The van der Waals surface area contributed by atoms with E-state index in [1.54, 1.807) is 0 Å². The third kappa shape index (κ3) is 5.33. The van der Waals surface area contributed by atoms with E-state index in [4.69, 9.17) is 5.73 Å². The van der Waals surface area contributed by atoms with Gasteiger partial charge in [-0.2, -0.15) is 0 Å². The summed E-state index contributed by atoms with van der Waals surface area (Å²) in [5.74, 6) is 0.251. The summed E-state index contributed by atoms with van der Waals surface area (Å²) in [6.45, 7) is 1.30. The average Bonchev–Trinajstić information content (AvgIpc) is 2.60. The largest absolute Gasteiger partial charge is 0.396 e. The molecule has 4 N–H and O–H groups in total. The first-order valence-corrected chi connectivity index (χ1v) is 8.82. The predicted molar refractivity (Wildman–Crippen MR) is 93.1 cm³/mol. The number of benzene rings is 1. The fraction of sp³-hybridized carbons (Fsp3) is 0.632. The Morgan fingerprint density at radius 1 is 1.22 bits per heavy atom. The minimum atomic E-state index is 0.00154. The summed E-state index contributed by atoms with van der Waals surface area (Å²) in [5, 5.41) is 12.3. The van der Waals surface area contributed by atoms with Gasteiger partial charge in [-0.15, -0.1) is 0 Å². The van der Waals surface area contributed by atoms with E-state index in [0.717, 1.165) is 18.4 Å². The summed E-state index contributed by atoms with van der Waals surface area (Å²) < 4.78 is 0. The van der Waals surface area contributed by atoms with Crippen molar-refractivity contribution in [2.45, 2.75) is 50.9 Å². The van der Waals surface area contributed by atoms with Crippen molar-refractivity contribution < 1.29 is 9.90 Å². The van der Waals surface area contributed by atoms with Gasteiger partial charge in [-0.05, 0) is 36.8 Å². The molecule has 1 saturated carbocycles. The van der Waals surface area contributed by atoms with E-state index < -0.39 is 0 Å². The molecule has 0 heterocycles. The van der Waals surface area contributed by atoms with E-state index in [0.29, 0.717) is 25.9 Å². The van der Waals surface area contributed by atoms with Gasteiger partial charge in [0.1, 0.15) is 0 Å². The van der Waals surface area contributed by atoms with E-state index >= 15 is 0 Å². The molecule has 1 aliphatic rings. The van der Waals surface area contributed by atoms with E-state index in [-0.39, 0.29) is 23.8 Å². The third-order valence-corrected chi connectivity index (χ3v) is 5.18. The molecule has 1 aromatic rings. The first kappa shape index (κ1) is 18.0. The summed E-state index contributed by atoms with van der Waals surface area (Å²) >= 11 is 0. The predicted octanol–water partition coefficient (Wildman–Crippen LogP) is 2.57. The molecule has 1 aromatic carbocycles. The highest BCUT2D eigenvalue weighted by Gasteiger charge is 2.33. The summed E-state index contributed by atoms with van der Waals surface area (Å²) in [7, 11) is 0. The number of nitrogens with one attached hydrogen (secondary N) is 1. The number of aliphatic hydroxyl groups is 1. The number of nitrogens with two attached hydrogens (primary N) is 1. The van der Waals surface area contributed by atoms with Gasteiger partial charge in [0, 0.05) is 25.5 Å². The number of hydrogen-bond acceptors (Lipinski definition) is 3. The fourth-order valence-corrected chi connectivity index (χ4v) is 3.66. The third-order valence-electron chi connectivity index (χ3n) is 5.18. The van der Waals surface area contributed by atoms with Crippen molar-refractivity contribution in [2.24, 2.45) is 11.1 Å². The molecule has 1 atom stereocenters. The van der Waals surface area contributed by atoms with Crippen molar-refractivity contribution in [3.63, 3.8) is 0 Å². The second-order valence-electron chi connectivity index (χ2n) is 6.87. The molecule has 1 unspecified atom stereocenters. The van der Waals surface area contributed by atoms with E-state index in [1.807, 2.05) is 18.2 Å². The van der Waals surface area contributed by atoms with Gasteiger partial charge in [0.2, 0.25) is 5.91 Å². The Bertz CT molecular complexity index is 470. The molecule has 0 saturated heterocycles. The summed E-state index contributed by atoms with van der Waals surface area (Å²) in [6, 6.07) is 10.1.